The van der Waals surface area contributed by atoms with Crippen molar-refractivity contribution in [1.82, 2.24) is 25.1 Å². The van der Waals surface area contributed by atoms with Gasteiger partial charge in [-0.15, -0.1) is 0 Å². The van der Waals surface area contributed by atoms with E-state index < -0.39 is 65.4 Å². The van der Waals surface area contributed by atoms with Crippen LogP contribution in [0.2, 0.25) is 0 Å². The van der Waals surface area contributed by atoms with Crippen LogP contribution < -0.4 is 15.1 Å². The number of ether oxygens (including phenoxy) is 1. The Morgan fingerprint density at radius 1 is 0.714 bits per heavy atom. The second kappa shape index (κ2) is 16.1. The van der Waals surface area contributed by atoms with Crippen molar-refractivity contribution in [1.29, 1.82) is 0 Å². The van der Waals surface area contributed by atoms with Crippen molar-refractivity contribution in [2.24, 2.45) is 5.92 Å². The Kier molecular flexibility index (Phi) is 10.2. The number of nitrogens with zero attached hydrogens (tertiary/aromatic N) is 6. The van der Waals surface area contributed by atoms with Gasteiger partial charge in [0, 0.05) is 38.6 Å². The van der Waals surface area contributed by atoms with E-state index in [1.165, 1.54) is 0 Å². The number of nitrogens with one attached hydrogen (secondary N) is 1. The number of cyclic esters (lactones) is 1. The van der Waals surface area contributed by atoms with Gasteiger partial charge in [-0.25, -0.2) is 19.7 Å². The van der Waals surface area contributed by atoms with Crippen LogP contribution >= 0.6 is 0 Å². The van der Waals surface area contributed by atoms with Crippen molar-refractivity contribution < 1.29 is 29.0 Å². The number of benzene rings is 5. The Morgan fingerprint density at radius 2 is 1.32 bits per heavy atom. The van der Waals surface area contributed by atoms with E-state index >= 15 is 14.4 Å². The molecule has 4 aliphatic rings. The third-order valence-electron chi connectivity index (χ3n) is 13.1. The molecule has 0 aliphatic carbocycles. The molecule has 4 amide bonds. The summed E-state index contributed by atoms with van der Waals surface area (Å²) in [6.07, 6.45) is 2.49. The standard InChI is InChI=1S/C50H45N7O6/c1-32(33-14-5-2-6-15-33)53-49(62)56-39-21-12-11-20-38(39)50(47(56)61)40(45(59)54-28-30-55(31-29-54)48-51-26-13-27-52-48)42-46(60)63-43(35-18-9-4-10-19-35)41(34-16-7-3-8-17-34)57(42)44(50)36-22-24-37(58)25-23-36/h2-27,32,40-44,58H,28-31H2,1H3,(H,53,62). The van der Waals surface area contributed by atoms with Crippen LogP contribution in [-0.4, -0.2) is 80.9 Å². The highest BCUT2D eigenvalue weighted by molar-refractivity contribution is 6.24. The zero-order chi connectivity index (χ0) is 43.2. The number of aromatic nitrogens is 2. The highest BCUT2D eigenvalue weighted by Crippen LogP contribution is 2.66. The average Bonchev–Trinajstić information content (AvgIpc) is 3.79. The first-order valence-electron chi connectivity index (χ1n) is 21.2. The average molecular weight is 840 g/mol. The Balaban J connectivity index is 1.19. The molecule has 13 heteroatoms. The van der Waals surface area contributed by atoms with Crippen LogP contribution in [0.3, 0.4) is 0 Å². The number of hydrogen-bond acceptors (Lipinski definition) is 10. The normalized spacial score (nSPS) is 24.7. The second-order valence-electron chi connectivity index (χ2n) is 16.5. The number of para-hydroxylation sites is 1. The summed E-state index contributed by atoms with van der Waals surface area (Å²) in [6.45, 7) is 3.20. The minimum absolute atomic E-state index is 0.00381. The fourth-order valence-corrected chi connectivity index (χ4v) is 10.4. The number of urea groups is 1. The van der Waals surface area contributed by atoms with Crippen molar-refractivity contribution in [3.8, 4) is 5.75 Å². The van der Waals surface area contributed by atoms with E-state index in [2.05, 4.69) is 15.3 Å². The first kappa shape index (κ1) is 39.7. The van der Waals surface area contributed by atoms with Crippen molar-refractivity contribution in [2.45, 2.75) is 42.6 Å². The predicted octanol–water partition coefficient (Wildman–Crippen LogP) is 6.67. The highest BCUT2D eigenvalue weighted by atomic mass is 16.6. The van der Waals surface area contributed by atoms with Crippen molar-refractivity contribution >= 4 is 35.5 Å². The molecule has 7 unspecified atom stereocenters. The van der Waals surface area contributed by atoms with Crippen molar-refractivity contribution in [3.05, 3.63) is 186 Å². The molecule has 2 N–H and O–H groups in total. The number of hydrogen-bond donors (Lipinski definition) is 2. The number of anilines is 2. The van der Waals surface area contributed by atoms with E-state index in [1.54, 1.807) is 71.9 Å². The molecule has 0 saturated carbocycles. The van der Waals surface area contributed by atoms with Crippen LogP contribution in [0.5, 0.6) is 5.75 Å². The van der Waals surface area contributed by atoms with Gasteiger partial charge >= 0.3 is 12.0 Å². The van der Waals surface area contributed by atoms with Gasteiger partial charge in [0.15, 0.2) is 0 Å². The number of esters is 1. The zero-order valence-electron chi connectivity index (χ0n) is 34.5. The molecule has 3 fully saturated rings. The molecule has 3 saturated heterocycles. The number of fused-ring (bicyclic) bond motifs is 3. The van der Waals surface area contributed by atoms with Gasteiger partial charge in [0.1, 0.15) is 23.3 Å². The van der Waals surface area contributed by atoms with E-state index in [4.69, 9.17) is 4.74 Å². The Morgan fingerprint density at radius 3 is 1.98 bits per heavy atom. The SMILES string of the molecule is CC(NC(=O)N1C(=O)C2(c3ccccc31)C(C(=O)N1CCN(c3ncccn3)CC1)C1C(=O)OC(c3ccccc3)C(c3ccccc3)N1C2c1ccc(O)cc1)c1ccccc1. The molecule has 7 atom stereocenters. The Hall–Kier alpha value is -7.38. The van der Waals surface area contributed by atoms with Crippen molar-refractivity contribution in [3.63, 3.8) is 0 Å². The van der Waals surface area contributed by atoms with Crippen LogP contribution in [-0.2, 0) is 24.5 Å². The number of rotatable bonds is 7. The lowest BCUT2D eigenvalue weighted by molar-refractivity contribution is -0.179. The highest BCUT2D eigenvalue weighted by Gasteiger charge is 2.76. The topological polar surface area (TPSA) is 149 Å². The largest absolute Gasteiger partial charge is 0.508 e. The third kappa shape index (κ3) is 6.58. The Bertz CT molecular complexity index is 2650. The maximum atomic E-state index is 16.3. The van der Waals surface area contributed by atoms with Gasteiger partial charge in [-0.3, -0.25) is 19.3 Å². The van der Waals surface area contributed by atoms with E-state index in [1.807, 2.05) is 108 Å². The summed E-state index contributed by atoms with van der Waals surface area (Å²) in [7, 11) is 0. The summed E-state index contributed by atoms with van der Waals surface area (Å²) in [5, 5.41) is 13.7. The molecule has 4 aliphatic heterocycles. The van der Waals surface area contributed by atoms with Gasteiger partial charge in [0.25, 0.3) is 0 Å². The number of phenolic OH excluding ortho intramolecular Hbond substituents is 1. The maximum absolute atomic E-state index is 16.3. The van der Waals surface area contributed by atoms with E-state index in [0.717, 1.165) is 21.6 Å². The fourth-order valence-electron chi connectivity index (χ4n) is 10.4. The molecule has 6 aromatic rings. The summed E-state index contributed by atoms with van der Waals surface area (Å²) in [5.74, 6) is -2.53. The van der Waals surface area contributed by atoms with Gasteiger partial charge < -0.3 is 25.0 Å². The number of phenols is 1. The van der Waals surface area contributed by atoms with Crippen LogP contribution in [0, 0.1) is 5.92 Å². The van der Waals surface area contributed by atoms with Gasteiger partial charge in [-0.2, -0.15) is 0 Å². The summed E-state index contributed by atoms with van der Waals surface area (Å²) >= 11 is 0. The van der Waals surface area contributed by atoms with E-state index in [-0.39, 0.29) is 18.8 Å². The monoisotopic (exact) mass is 839 g/mol. The van der Waals surface area contributed by atoms with Crippen LogP contribution in [0.4, 0.5) is 16.4 Å². The van der Waals surface area contributed by atoms with E-state index in [9.17, 15) is 9.90 Å². The number of amides is 4. The molecule has 0 radical (unpaired) electrons. The lowest BCUT2D eigenvalue weighted by Crippen LogP contribution is -2.59. The number of carbonyl (C=O) groups excluding carboxylic acids is 4. The second-order valence-corrected chi connectivity index (χ2v) is 16.5. The molecule has 5 aromatic carbocycles. The first-order valence-corrected chi connectivity index (χ1v) is 21.2. The molecule has 316 valence electrons. The molecule has 0 bridgehead atoms. The van der Waals surface area contributed by atoms with Gasteiger partial charge in [0.2, 0.25) is 17.8 Å². The first-order chi connectivity index (χ1) is 30.8. The molecule has 13 nitrogen and oxygen atoms in total. The zero-order valence-corrected chi connectivity index (χ0v) is 34.5. The van der Waals surface area contributed by atoms with E-state index in [0.29, 0.717) is 35.9 Å². The summed E-state index contributed by atoms with van der Waals surface area (Å²) in [6, 6.07) is 39.8. The predicted molar refractivity (Wildman–Crippen MR) is 234 cm³/mol. The molecule has 1 aromatic heterocycles. The molecule has 63 heavy (non-hydrogen) atoms. The van der Waals surface area contributed by atoms with Crippen LogP contribution in [0.15, 0.2) is 158 Å². The van der Waals surface area contributed by atoms with Crippen LogP contribution in [0.1, 0.15) is 59.0 Å². The Labute approximate surface area is 364 Å². The molecule has 1 spiro atoms. The van der Waals surface area contributed by atoms with Gasteiger partial charge in [0.05, 0.1) is 29.7 Å². The lowest BCUT2D eigenvalue weighted by atomic mass is 9.65. The fraction of sp³-hybridized carbons (Fsp3) is 0.240. The number of carbonyl (C=O) groups is 4. The maximum Gasteiger partial charge on any atom is 0.329 e. The summed E-state index contributed by atoms with van der Waals surface area (Å²) in [4.78, 5) is 78.1. The number of aromatic hydroxyl groups is 1. The minimum Gasteiger partial charge on any atom is -0.508 e. The molecular weight excluding hydrogens is 795 g/mol. The molecule has 10 rings (SSSR count). The number of imide groups is 1. The minimum atomic E-state index is -1.86. The molecular formula is C50H45N7O6. The lowest BCUT2D eigenvalue weighted by Gasteiger charge is -2.46. The van der Waals surface area contributed by atoms with Crippen LogP contribution in [0.25, 0.3) is 0 Å². The summed E-state index contributed by atoms with van der Waals surface area (Å²) < 4.78 is 6.58. The smallest absolute Gasteiger partial charge is 0.329 e. The number of morpholine rings is 1. The third-order valence-corrected chi connectivity index (χ3v) is 13.1. The molecule has 5 heterocycles. The quantitative estimate of drug-likeness (QED) is 0.167. The summed E-state index contributed by atoms with van der Waals surface area (Å²) in [5.41, 5.74) is 1.85. The number of piperazine rings is 1. The van der Waals surface area contributed by atoms with Crippen molar-refractivity contribution in [2.75, 3.05) is 36.0 Å². The van der Waals surface area contributed by atoms with Gasteiger partial charge in [-0.1, -0.05) is 121 Å². The van der Waals surface area contributed by atoms with Gasteiger partial charge in [-0.05, 0) is 59.0 Å².